The van der Waals surface area contributed by atoms with Crippen molar-refractivity contribution in [1.82, 2.24) is 5.32 Å². The smallest absolute Gasteiger partial charge is 0.332 e. The maximum Gasteiger partial charge on any atom is 0.332 e. The predicted molar refractivity (Wildman–Crippen MR) is 100 cm³/mol. The van der Waals surface area contributed by atoms with Crippen molar-refractivity contribution >= 4 is 23.5 Å². The number of carbonyl (C=O) groups excluding carboxylic acids is 3. The lowest BCUT2D eigenvalue weighted by atomic mass is 10.1. The first-order valence-corrected chi connectivity index (χ1v) is 8.40. The number of hydrogen-bond donors (Lipinski definition) is 2. The van der Waals surface area contributed by atoms with Crippen LogP contribution in [-0.4, -0.2) is 38.1 Å². The van der Waals surface area contributed by atoms with E-state index in [1.807, 2.05) is 37.3 Å². The molecule has 0 aromatic heterocycles. The van der Waals surface area contributed by atoms with Gasteiger partial charge in [-0.25, -0.2) is 4.79 Å². The summed E-state index contributed by atoms with van der Waals surface area (Å²) in [4.78, 5) is 35.8. The Morgan fingerprint density at radius 1 is 0.963 bits per heavy atom. The molecule has 0 bridgehead atoms. The van der Waals surface area contributed by atoms with Crippen LogP contribution in [0.2, 0.25) is 0 Å². The number of benzene rings is 2. The van der Waals surface area contributed by atoms with Crippen molar-refractivity contribution in [1.29, 1.82) is 0 Å². The van der Waals surface area contributed by atoms with Crippen molar-refractivity contribution in [3.63, 3.8) is 0 Å². The van der Waals surface area contributed by atoms with Crippen molar-refractivity contribution < 1.29 is 23.9 Å². The highest BCUT2D eigenvalue weighted by Crippen LogP contribution is 2.18. The minimum atomic E-state index is -0.643. The lowest BCUT2D eigenvalue weighted by Crippen LogP contribution is -2.28. The molecular formula is C20H22N2O5. The summed E-state index contributed by atoms with van der Waals surface area (Å²) in [5.41, 5.74) is 1.62. The molecule has 0 saturated carbocycles. The fourth-order valence-corrected chi connectivity index (χ4v) is 2.38. The van der Waals surface area contributed by atoms with E-state index in [4.69, 9.17) is 4.74 Å². The molecule has 0 fully saturated rings. The SMILES string of the molecule is COCC(=O)OCC(=O)Nc1ccccc1C(=O)N[C@H](C)c1ccccc1. The third-order valence-electron chi connectivity index (χ3n) is 3.72. The molecule has 0 spiro atoms. The topological polar surface area (TPSA) is 93.7 Å². The molecule has 0 aliphatic carbocycles. The van der Waals surface area contributed by atoms with E-state index >= 15 is 0 Å². The molecule has 0 heterocycles. The van der Waals surface area contributed by atoms with Gasteiger partial charge in [0, 0.05) is 7.11 Å². The van der Waals surface area contributed by atoms with Crippen molar-refractivity contribution in [2.75, 3.05) is 25.6 Å². The molecule has 0 unspecified atom stereocenters. The lowest BCUT2D eigenvalue weighted by Gasteiger charge is -2.16. The van der Waals surface area contributed by atoms with Gasteiger partial charge in [-0.2, -0.15) is 0 Å². The maximum absolute atomic E-state index is 12.6. The standard InChI is InChI=1S/C20H22N2O5/c1-14(15-8-4-3-5-9-15)21-20(25)16-10-6-7-11-17(16)22-18(23)12-27-19(24)13-26-2/h3-11,14H,12-13H2,1-2H3,(H,21,25)(H,22,23)/t14-/m1/s1. The van der Waals surface area contributed by atoms with Gasteiger partial charge >= 0.3 is 5.97 Å². The number of ether oxygens (including phenoxy) is 2. The molecule has 1 atom stereocenters. The van der Waals surface area contributed by atoms with Crippen LogP contribution in [0.1, 0.15) is 28.9 Å². The third-order valence-corrected chi connectivity index (χ3v) is 3.72. The van der Waals surface area contributed by atoms with Crippen molar-refractivity contribution in [3.8, 4) is 0 Å². The maximum atomic E-state index is 12.6. The summed E-state index contributed by atoms with van der Waals surface area (Å²) in [6, 6.07) is 16.0. The molecule has 7 heteroatoms. The van der Waals surface area contributed by atoms with E-state index < -0.39 is 18.5 Å². The van der Waals surface area contributed by atoms with Gasteiger partial charge in [0.25, 0.3) is 11.8 Å². The first kappa shape index (κ1) is 20.1. The Morgan fingerprint density at radius 2 is 1.63 bits per heavy atom. The number of para-hydroxylation sites is 1. The first-order valence-electron chi connectivity index (χ1n) is 8.40. The average Bonchev–Trinajstić information content (AvgIpc) is 2.67. The number of amides is 2. The Morgan fingerprint density at radius 3 is 2.33 bits per heavy atom. The number of nitrogens with one attached hydrogen (secondary N) is 2. The highest BCUT2D eigenvalue weighted by Gasteiger charge is 2.16. The van der Waals surface area contributed by atoms with Crippen LogP contribution in [0.3, 0.4) is 0 Å². The predicted octanol–water partition coefficient (Wildman–Crippen LogP) is 2.31. The molecule has 7 nitrogen and oxygen atoms in total. The molecule has 2 rings (SSSR count). The highest BCUT2D eigenvalue weighted by molar-refractivity contribution is 6.04. The quantitative estimate of drug-likeness (QED) is 0.696. The van der Waals surface area contributed by atoms with E-state index in [9.17, 15) is 14.4 Å². The molecule has 2 amide bonds. The molecule has 0 radical (unpaired) electrons. The van der Waals surface area contributed by atoms with Gasteiger partial charge < -0.3 is 20.1 Å². The van der Waals surface area contributed by atoms with Crippen LogP contribution in [0.5, 0.6) is 0 Å². The largest absolute Gasteiger partial charge is 0.454 e. The molecular weight excluding hydrogens is 348 g/mol. The van der Waals surface area contributed by atoms with E-state index in [2.05, 4.69) is 15.4 Å². The monoisotopic (exact) mass is 370 g/mol. The zero-order chi connectivity index (χ0) is 19.6. The lowest BCUT2D eigenvalue weighted by molar-refractivity contribution is -0.150. The first-order chi connectivity index (χ1) is 13.0. The van der Waals surface area contributed by atoms with Crippen LogP contribution in [-0.2, 0) is 19.1 Å². The summed E-state index contributed by atoms with van der Waals surface area (Å²) in [7, 11) is 1.35. The number of anilines is 1. The minimum absolute atomic E-state index is 0.197. The summed E-state index contributed by atoms with van der Waals surface area (Å²) in [5, 5.41) is 5.49. The van der Waals surface area contributed by atoms with Gasteiger partial charge in [0.2, 0.25) is 0 Å². The van der Waals surface area contributed by atoms with Crippen molar-refractivity contribution in [2.45, 2.75) is 13.0 Å². The van der Waals surface area contributed by atoms with Crippen LogP contribution >= 0.6 is 0 Å². The van der Waals surface area contributed by atoms with Crippen LogP contribution in [0.4, 0.5) is 5.69 Å². The normalized spacial score (nSPS) is 11.3. The average molecular weight is 370 g/mol. The molecule has 0 aliphatic rings. The summed E-state index contributed by atoms with van der Waals surface area (Å²) in [6.07, 6.45) is 0. The summed E-state index contributed by atoms with van der Waals surface area (Å²) in [6.45, 7) is 1.19. The molecule has 0 saturated heterocycles. The summed E-state index contributed by atoms with van der Waals surface area (Å²) >= 11 is 0. The highest BCUT2D eigenvalue weighted by atomic mass is 16.6. The van der Waals surface area contributed by atoms with Crippen LogP contribution in [0, 0.1) is 0 Å². The number of rotatable bonds is 8. The molecule has 2 aromatic carbocycles. The Hall–Kier alpha value is -3.19. The molecule has 0 aliphatic heterocycles. The van der Waals surface area contributed by atoms with Crippen LogP contribution in [0.25, 0.3) is 0 Å². The van der Waals surface area contributed by atoms with E-state index in [0.717, 1.165) is 5.56 Å². The van der Waals surface area contributed by atoms with Gasteiger partial charge in [-0.15, -0.1) is 0 Å². The van der Waals surface area contributed by atoms with Gasteiger partial charge in [0.15, 0.2) is 6.61 Å². The summed E-state index contributed by atoms with van der Waals surface area (Å²) in [5.74, 6) is -1.51. The van der Waals surface area contributed by atoms with Gasteiger partial charge in [-0.1, -0.05) is 42.5 Å². The van der Waals surface area contributed by atoms with Gasteiger partial charge in [-0.05, 0) is 24.6 Å². The number of esters is 1. The number of methoxy groups -OCH3 is 1. The summed E-state index contributed by atoms with van der Waals surface area (Å²) < 4.78 is 9.38. The van der Waals surface area contributed by atoms with E-state index in [1.165, 1.54) is 7.11 Å². The molecule has 2 aromatic rings. The van der Waals surface area contributed by atoms with E-state index in [1.54, 1.807) is 24.3 Å². The second-order valence-electron chi connectivity index (χ2n) is 5.79. The molecule has 2 N–H and O–H groups in total. The second-order valence-corrected chi connectivity index (χ2v) is 5.79. The van der Waals surface area contributed by atoms with Crippen molar-refractivity contribution in [3.05, 3.63) is 65.7 Å². The van der Waals surface area contributed by atoms with Gasteiger partial charge in [-0.3, -0.25) is 9.59 Å². The Balaban J connectivity index is 2.01. The van der Waals surface area contributed by atoms with Gasteiger partial charge in [0.05, 0.1) is 17.3 Å². The van der Waals surface area contributed by atoms with Gasteiger partial charge in [0.1, 0.15) is 6.61 Å². The second kappa shape index (κ2) is 10.1. The van der Waals surface area contributed by atoms with E-state index in [-0.39, 0.29) is 18.6 Å². The Bertz CT molecular complexity index is 792. The Labute approximate surface area is 157 Å². The van der Waals surface area contributed by atoms with E-state index in [0.29, 0.717) is 11.3 Å². The fourth-order valence-electron chi connectivity index (χ4n) is 2.38. The zero-order valence-electron chi connectivity index (χ0n) is 15.2. The van der Waals surface area contributed by atoms with Crippen LogP contribution in [0.15, 0.2) is 54.6 Å². The van der Waals surface area contributed by atoms with Crippen LogP contribution < -0.4 is 10.6 Å². The Kier molecular flexibility index (Phi) is 7.51. The number of carbonyl (C=O) groups is 3. The number of hydrogen-bond acceptors (Lipinski definition) is 5. The molecule has 27 heavy (non-hydrogen) atoms. The zero-order valence-corrected chi connectivity index (χ0v) is 15.2. The van der Waals surface area contributed by atoms with Crippen molar-refractivity contribution in [2.24, 2.45) is 0 Å². The third kappa shape index (κ3) is 6.23. The molecule has 142 valence electrons. The minimum Gasteiger partial charge on any atom is -0.454 e. The fraction of sp³-hybridized carbons (Fsp3) is 0.250.